The number of benzene rings is 1. The zero-order valence-corrected chi connectivity index (χ0v) is 10.5. The molecule has 0 fully saturated rings. The molecule has 0 bridgehead atoms. The molecular weight excluding hydrogens is 268 g/mol. The van der Waals surface area contributed by atoms with Crippen molar-refractivity contribution in [3.8, 4) is 5.75 Å². The second kappa shape index (κ2) is 5.52. The number of hydrogen-bond acceptors (Lipinski definition) is 4. The predicted molar refractivity (Wildman–Crippen MR) is 69.5 cm³/mol. The van der Waals surface area contributed by atoms with Crippen LogP contribution < -0.4 is 15.8 Å². The average Bonchev–Trinajstić information content (AvgIpc) is 2.42. The van der Waals surface area contributed by atoms with Crippen LogP contribution in [0.3, 0.4) is 0 Å². The molecule has 5 nitrogen and oxygen atoms in total. The van der Waals surface area contributed by atoms with E-state index in [0.717, 1.165) is 6.07 Å². The van der Waals surface area contributed by atoms with E-state index in [1.54, 1.807) is 0 Å². The molecule has 1 aromatic carbocycles. The summed E-state index contributed by atoms with van der Waals surface area (Å²) in [6.07, 6.45) is 1.21. The van der Waals surface area contributed by atoms with Gasteiger partial charge in [-0.2, -0.15) is 0 Å². The van der Waals surface area contributed by atoms with Gasteiger partial charge in [-0.25, -0.2) is 13.8 Å². The number of nitrogens with one attached hydrogen (secondary N) is 1. The number of nitrogens with two attached hydrogens (primary N) is 1. The van der Waals surface area contributed by atoms with Gasteiger partial charge in [-0.15, -0.1) is 0 Å². The Morgan fingerprint density at radius 3 is 2.75 bits per heavy atom. The molecular formula is C13H11F2N3O2. The zero-order chi connectivity index (χ0) is 14.7. The van der Waals surface area contributed by atoms with Gasteiger partial charge < -0.3 is 15.8 Å². The summed E-state index contributed by atoms with van der Waals surface area (Å²) in [5.74, 6) is -2.64. The lowest BCUT2D eigenvalue weighted by Crippen LogP contribution is -2.15. The maximum Gasteiger partial charge on any atom is 0.258 e. The summed E-state index contributed by atoms with van der Waals surface area (Å²) in [6, 6.07) is 5.03. The Labute approximate surface area is 113 Å². The first-order valence-corrected chi connectivity index (χ1v) is 5.57. The highest BCUT2D eigenvalue weighted by molar-refractivity contribution is 6.04. The second-order valence-corrected chi connectivity index (χ2v) is 3.86. The molecule has 0 unspecified atom stereocenters. The van der Waals surface area contributed by atoms with Crippen LogP contribution in [0.1, 0.15) is 10.4 Å². The maximum absolute atomic E-state index is 13.6. The summed E-state index contributed by atoms with van der Waals surface area (Å²) in [6.45, 7) is 0. The number of nitrogen functional groups attached to an aromatic ring is 1. The van der Waals surface area contributed by atoms with Crippen molar-refractivity contribution in [2.24, 2.45) is 0 Å². The Hall–Kier alpha value is -2.70. The molecule has 1 heterocycles. The van der Waals surface area contributed by atoms with Crippen molar-refractivity contribution in [3.63, 3.8) is 0 Å². The van der Waals surface area contributed by atoms with Crippen molar-refractivity contribution in [1.29, 1.82) is 0 Å². The number of nitrogens with zero attached hydrogens (tertiary/aromatic N) is 1. The molecule has 0 saturated heterocycles. The molecule has 3 N–H and O–H groups in total. The molecule has 104 valence electrons. The first kappa shape index (κ1) is 13.7. The Morgan fingerprint density at radius 2 is 2.10 bits per heavy atom. The standard InChI is InChI=1S/C13H11F2N3O2/c1-20-10-3-2-7(6-9(10)14)18-13(19)8-4-5-17-12(16)11(8)15/h2-6H,1H3,(H2,16,17)(H,18,19). The van der Waals surface area contributed by atoms with E-state index in [0.29, 0.717) is 0 Å². The average molecular weight is 279 g/mol. The zero-order valence-electron chi connectivity index (χ0n) is 10.5. The lowest BCUT2D eigenvalue weighted by Gasteiger charge is -2.08. The fourth-order valence-corrected chi connectivity index (χ4v) is 1.58. The highest BCUT2D eigenvalue weighted by Gasteiger charge is 2.15. The molecule has 0 aliphatic rings. The van der Waals surface area contributed by atoms with Crippen molar-refractivity contribution < 1.29 is 18.3 Å². The number of anilines is 2. The number of ether oxygens (including phenoxy) is 1. The van der Waals surface area contributed by atoms with Gasteiger partial charge in [0.25, 0.3) is 5.91 Å². The quantitative estimate of drug-likeness (QED) is 0.903. The number of amides is 1. The van der Waals surface area contributed by atoms with E-state index in [9.17, 15) is 13.6 Å². The monoisotopic (exact) mass is 279 g/mol. The molecule has 20 heavy (non-hydrogen) atoms. The van der Waals surface area contributed by atoms with Gasteiger partial charge in [0.1, 0.15) is 0 Å². The van der Waals surface area contributed by atoms with Gasteiger partial charge in [0.05, 0.1) is 12.7 Å². The number of carbonyl (C=O) groups is 1. The summed E-state index contributed by atoms with van der Waals surface area (Å²) >= 11 is 0. The minimum atomic E-state index is -0.918. The number of carbonyl (C=O) groups excluding carboxylic acids is 1. The number of hydrogen-bond donors (Lipinski definition) is 2. The van der Waals surface area contributed by atoms with Crippen molar-refractivity contribution in [3.05, 3.63) is 47.7 Å². The molecule has 1 aromatic heterocycles. The predicted octanol–water partition coefficient (Wildman–Crippen LogP) is 2.20. The van der Waals surface area contributed by atoms with E-state index in [2.05, 4.69) is 10.3 Å². The van der Waals surface area contributed by atoms with Gasteiger partial charge in [-0.05, 0) is 18.2 Å². The van der Waals surface area contributed by atoms with Crippen LogP contribution in [0.2, 0.25) is 0 Å². The van der Waals surface area contributed by atoms with Gasteiger partial charge in [0.2, 0.25) is 0 Å². The van der Waals surface area contributed by atoms with Crippen molar-refractivity contribution in [2.45, 2.75) is 0 Å². The molecule has 0 atom stereocenters. The molecule has 0 radical (unpaired) electrons. The number of methoxy groups -OCH3 is 1. The fraction of sp³-hybridized carbons (Fsp3) is 0.0769. The van der Waals surface area contributed by atoms with Crippen LogP contribution >= 0.6 is 0 Å². The normalized spacial score (nSPS) is 10.2. The minimum absolute atomic E-state index is 0.0438. The number of halogens is 2. The third-order valence-corrected chi connectivity index (χ3v) is 2.57. The lowest BCUT2D eigenvalue weighted by molar-refractivity contribution is 0.102. The molecule has 7 heteroatoms. The smallest absolute Gasteiger partial charge is 0.258 e. The minimum Gasteiger partial charge on any atom is -0.494 e. The third-order valence-electron chi connectivity index (χ3n) is 2.57. The summed E-state index contributed by atoms with van der Waals surface area (Å²) in [5.41, 5.74) is 5.17. The number of pyridine rings is 1. The Morgan fingerprint density at radius 1 is 1.35 bits per heavy atom. The lowest BCUT2D eigenvalue weighted by atomic mass is 10.2. The van der Waals surface area contributed by atoms with Crippen LogP contribution in [0.5, 0.6) is 5.75 Å². The van der Waals surface area contributed by atoms with E-state index in [1.807, 2.05) is 0 Å². The molecule has 0 aliphatic heterocycles. The van der Waals surface area contributed by atoms with E-state index in [1.165, 1.54) is 31.5 Å². The SMILES string of the molecule is COc1ccc(NC(=O)c2ccnc(N)c2F)cc1F. The van der Waals surface area contributed by atoms with E-state index in [-0.39, 0.29) is 22.8 Å². The van der Waals surface area contributed by atoms with Crippen LogP contribution in [-0.2, 0) is 0 Å². The summed E-state index contributed by atoms with van der Waals surface area (Å²) in [4.78, 5) is 15.4. The first-order chi connectivity index (χ1) is 9.52. The highest BCUT2D eigenvalue weighted by atomic mass is 19.1. The van der Waals surface area contributed by atoms with E-state index < -0.39 is 17.5 Å². The highest BCUT2D eigenvalue weighted by Crippen LogP contribution is 2.21. The maximum atomic E-state index is 13.6. The topological polar surface area (TPSA) is 77.2 Å². The Kier molecular flexibility index (Phi) is 3.79. The van der Waals surface area contributed by atoms with Crippen molar-refractivity contribution in [2.75, 3.05) is 18.2 Å². The number of aromatic nitrogens is 1. The molecule has 0 saturated carbocycles. The van der Waals surface area contributed by atoms with E-state index in [4.69, 9.17) is 10.5 Å². The molecule has 2 rings (SSSR count). The van der Waals surface area contributed by atoms with Crippen molar-refractivity contribution in [1.82, 2.24) is 4.98 Å². The number of rotatable bonds is 3. The van der Waals surface area contributed by atoms with Crippen LogP contribution in [0.25, 0.3) is 0 Å². The van der Waals surface area contributed by atoms with Crippen LogP contribution in [0.15, 0.2) is 30.5 Å². The largest absolute Gasteiger partial charge is 0.494 e. The van der Waals surface area contributed by atoms with Gasteiger partial charge in [0.15, 0.2) is 23.2 Å². The molecule has 0 spiro atoms. The van der Waals surface area contributed by atoms with Gasteiger partial charge >= 0.3 is 0 Å². The molecule has 1 amide bonds. The molecule has 0 aliphatic carbocycles. The molecule has 2 aromatic rings. The first-order valence-electron chi connectivity index (χ1n) is 5.57. The van der Waals surface area contributed by atoms with Crippen LogP contribution in [0, 0.1) is 11.6 Å². The summed E-state index contributed by atoms with van der Waals surface area (Å²) in [7, 11) is 1.33. The van der Waals surface area contributed by atoms with Crippen molar-refractivity contribution >= 4 is 17.4 Å². The Bertz CT molecular complexity index is 662. The van der Waals surface area contributed by atoms with Crippen LogP contribution in [-0.4, -0.2) is 18.0 Å². The van der Waals surface area contributed by atoms with Gasteiger partial charge in [-0.1, -0.05) is 0 Å². The fourth-order valence-electron chi connectivity index (χ4n) is 1.58. The van der Waals surface area contributed by atoms with E-state index >= 15 is 0 Å². The summed E-state index contributed by atoms with van der Waals surface area (Å²) in [5, 5.41) is 2.36. The summed E-state index contributed by atoms with van der Waals surface area (Å²) < 4.78 is 31.8. The van der Waals surface area contributed by atoms with Crippen LogP contribution in [0.4, 0.5) is 20.3 Å². The third kappa shape index (κ3) is 2.66. The van der Waals surface area contributed by atoms with Gasteiger partial charge in [0, 0.05) is 18.0 Å². The second-order valence-electron chi connectivity index (χ2n) is 3.86. The Balaban J connectivity index is 2.24. The van der Waals surface area contributed by atoms with Gasteiger partial charge in [-0.3, -0.25) is 4.79 Å².